The van der Waals surface area contributed by atoms with E-state index in [0.717, 1.165) is 13.0 Å². The first-order valence-corrected chi connectivity index (χ1v) is 5.19. The molecule has 0 aliphatic rings. The summed E-state index contributed by atoms with van der Waals surface area (Å²) in [5, 5.41) is 0. The normalized spacial score (nSPS) is 12.8. The fourth-order valence-electron chi connectivity index (χ4n) is 1.50. The van der Waals surface area contributed by atoms with E-state index in [1.54, 1.807) is 0 Å². The minimum Gasteiger partial charge on any atom is -0.300 e. The molecular formula is C13H18FN. The van der Waals surface area contributed by atoms with Crippen LogP contribution in [0.4, 0.5) is 4.39 Å². The van der Waals surface area contributed by atoms with Crippen LogP contribution in [-0.2, 0) is 6.42 Å². The topological polar surface area (TPSA) is 3.24 Å². The Balaban J connectivity index is 2.53. The molecule has 15 heavy (non-hydrogen) atoms. The minimum atomic E-state index is -0.175. The summed E-state index contributed by atoms with van der Waals surface area (Å²) in [6.07, 6.45) is 2.83. The second-order valence-electron chi connectivity index (χ2n) is 3.91. The highest BCUT2D eigenvalue weighted by atomic mass is 19.1. The van der Waals surface area contributed by atoms with E-state index in [1.165, 1.54) is 17.7 Å². The molecule has 1 aromatic carbocycles. The molecule has 1 rings (SSSR count). The van der Waals surface area contributed by atoms with Crippen LogP contribution in [0.25, 0.3) is 0 Å². The zero-order chi connectivity index (χ0) is 11.3. The van der Waals surface area contributed by atoms with Gasteiger partial charge in [-0.25, -0.2) is 4.39 Å². The first-order chi connectivity index (χ1) is 7.13. The second-order valence-corrected chi connectivity index (χ2v) is 3.91. The van der Waals surface area contributed by atoms with Crippen molar-refractivity contribution < 1.29 is 4.39 Å². The van der Waals surface area contributed by atoms with Crippen LogP contribution in [0.1, 0.15) is 12.5 Å². The van der Waals surface area contributed by atoms with Crippen molar-refractivity contribution in [3.8, 4) is 0 Å². The van der Waals surface area contributed by atoms with Crippen LogP contribution in [0.3, 0.4) is 0 Å². The van der Waals surface area contributed by atoms with E-state index in [1.807, 2.05) is 18.2 Å². The maximum Gasteiger partial charge on any atom is 0.123 e. The third-order valence-electron chi connectivity index (χ3n) is 2.61. The summed E-state index contributed by atoms with van der Waals surface area (Å²) in [5.74, 6) is -0.175. The second kappa shape index (κ2) is 5.66. The van der Waals surface area contributed by atoms with Gasteiger partial charge < -0.3 is 0 Å². The predicted octanol–water partition coefficient (Wildman–Crippen LogP) is 2.87. The zero-order valence-electron chi connectivity index (χ0n) is 9.41. The fraction of sp³-hybridized carbons (Fsp3) is 0.385. The lowest BCUT2D eigenvalue weighted by Crippen LogP contribution is -2.30. The molecule has 2 heteroatoms. The lowest BCUT2D eigenvalue weighted by atomic mass is 10.1. The van der Waals surface area contributed by atoms with E-state index in [9.17, 15) is 4.39 Å². The molecule has 0 saturated carbocycles. The van der Waals surface area contributed by atoms with Crippen LogP contribution in [0.2, 0.25) is 0 Å². The smallest absolute Gasteiger partial charge is 0.123 e. The standard InChI is InChI=1S/C13H18FN/c1-4-9-15(3)11(2)10-12-5-7-13(14)8-6-12/h4-8,11H,1,9-10H2,2-3H3. The molecule has 1 aromatic rings. The highest BCUT2D eigenvalue weighted by molar-refractivity contribution is 5.17. The Morgan fingerprint density at radius 3 is 2.53 bits per heavy atom. The molecule has 0 bridgehead atoms. The Bertz CT molecular complexity index is 305. The number of nitrogens with zero attached hydrogens (tertiary/aromatic N) is 1. The molecule has 0 spiro atoms. The van der Waals surface area contributed by atoms with Crippen molar-refractivity contribution in [2.24, 2.45) is 0 Å². The van der Waals surface area contributed by atoms with Gasteiger partial charge in [-0.2, -0.15) is 0 Å². The van der Waals surface area contributed by atoms with Crippen LogP contribution in [0.15, 0.2) is 36.9 Å². The molecular weight excluding hydrogens is 189 g/mol. The van der Waals surface area contributed by atoms with E-state index < -0.39 is 0 Å². The third-order valence-corrected chi connectivity index (χ3v) is 2.61. The van der Waals surface area contributed by atoms with Crippen LogP contribution in [-0.4, -0.2) is 24.5 Å². The van der Waals surface area contributed by atoms with Gasteiger partial charge >= 0.3 is 0 Å². The summed E-state index contributed by atoms with van der Waals surface area (Å²) in [7, 11) is 2.07. The number of rotatable bonds is 5. The zero-order valence-corrected chi connectivity index (χ0v) is 9.41. The van der Waals surface area contributed by atoms with Gasteiger partial charge in [-0.1, -0.05) is 18.2 Å². The highest BCUT2D eigenvalue weighted by Gasteiger charge is 2.08. The van der Waals surface area contributed by atoms with Gasteiger partial charge in [0, 0.05) is 12.6 Å². The fourth-order valence-corrected chi connectivity index (χ4v) is 1.50. The van der Waals surface area contributed by atoms with Gasteiger partial charge in [0.05, 0.1) is 0 Å². The Kier molecular flexibility index (Phi) is 4.50. The summed E-state index contributed by atoms with van der Waals surface area (Å²) in [5.41, 5.74) is 1.17. The van der Waals surface area contributed by atoms with Gasteiger partial charge in [-0.3, -0.25) is 4.90 Å². The summed E-state index contributed by atoms with van der Waals surface area (Å²) < 4.78 is 12.7. The lowest BCUT2D eigenvalue weighted by molar-refractivity contribution is 0.283. The molecule has 1 unspecified atom stereocenters. The van der Waals surface area contributed by atoms with Crippen molar-refractivity contribution in [2.45, 2.75) is 19.4 Å². The van der Waals surface area contributed by atoms with Crippen molar-refractivity contribution in [3.05, 3.63) is 48.3 Å². The summed E-state index contributed by atoms with van der Waals surface area (Å²) in [6.45, 7) is 6.75. The van der Waals surface area contributed by atoms with Crippen molar-refractivity contribution in [3.63, 3.8) is 0 Å². The number of hydrogen-bond donors (Lipinski definition) is 0. The number of likely N-dealkylation sites (N-methyl/N-ethyl adjacent to an activating group) is 1. The molecule has 1 nitrogen and oxygen atoms in total. The molecule has 0 aliphatic heterocycles. The summed E-state index contributed by atoms with van der Waals surface area (Å²) in [6, 6.07) is 7.14. The molecule has 82 valence electrons. The Morgan fingerprint density at radius 2 is 2.00 bits per heavy atom. The van der Waals surface area contributed by atoms with Crippen LogP contribution in [0.5, 0.6) is 0 Å². The summed E-state index contributed by atoms with van der Waals surface area (Å²) >= 11 is 0. The molecule has 0 N–H and O–H groups in total. The van der Waals surface area contributed by atoms with Crippen molar-refractivity contribution >= 4 is 0 Å². The van der Waals surface area contributed by atoms with Gasteiger partial charge in [0.2, 0.25) is 0 Å². The summed E-state index contributed by atoms with van der Waals surface area (Å²) in [4.78, 5) is 2.22. The van der Waals surface area contributed by atoms with Gasteiger partial charge in [0.25, 0.3) is 0 Å². The first-order valence-electron chi connectivity index (χ1n) is 5.19. The van der Waals surface area contributed by atoms with E-state index in [4.69, 9.17) is 0 Å². The average Bonchev–Trinajstić information content (AvgIpc) is 2.22. The molecule has 0 radical (unpaired) electrons. The third kappa shape index (κ3) is 3.84. The Labute approximate surface area is 91.2 Å². The van der Waals surface area contributed by atoms with Gasteiger partial charge in [0.1, 0.15) is 5.82 Å². The van der Waals surface area contributed by atoms with Crippen molar-refractivity contribution in [1.29, 1.82) is 0 Å². The van der Waals surface area contributed by atoms with Crippen LogP contribution in [0, 0.1) is 5.82 Å². The van der Waals surface area contributed by atoms with Gasteiger partial charge in [-0.05, 0) is 38.1 Å². The molecule has 0 fully saturated rings. The number of benzene rings is 1. The molecule has 0 saturated heterocycles. The van der Waals surface area contributed by atoms with Crippen molar-refractivity contribution in [2.75, 3.05) is 13.6 Å². The van der Waals surface area contributed by atoms with Gasteiger partial charge in [0.15, 0.2) is 0 Å². The van der Waals surface area contributed by atoms with Crippen LogP contribution >= 0.6 is 0 Å². The van der Waals surface area contributed by atoms with E-state index >= 15 is 0 Å². The largest absolute Gasteiger partial charge is 0.300 e. The maximum atomic E-state index is 12.7. The lowest BCUT2D eigenvalue weighted by Gasteiger charge is -2.23. The van der Waals surface area contributed by atoms with Crippen LogP contribution < -0.4 is 0 Å². The number of hydrogen-bond acceptors (Lipinski definition) is 1. The van der Waals surface area contributed by atoms with E-state index in [0.29, 0.717) is 6.04 Å². The molecule has 0 amide bonds. The van der Waals surface area contributed by atoms with Crippen molar-refractivity contribution in [1.82, 2.24) is 4.90 Å². The minimum absolute atomic E-state index is 0.175. The molecule has 1 atom stereocenters. The first kappa shape index (κ1) is 11.9. The van der Waals surface area contributed by atoms with E-state index in [-0.39, 0.29) is 5.82 Å². The van der Waals surface area contributed by atoms with Gasteiger partial charge in [-0.15, -0.1) is 6.58 Å². The molecule has 0 aliphatic carbocycles. The quantitative estimate of drug-likeness (QED) is 0.671. The molecule has 0 aromatic heterocycles. The molecule has 0 heterocycles. The predicted molar refractivity (Wildman–Crippen MR) is 62.4 cm³/mol. The number of halogens is 1. The monoisotopic (exact) mass is 207 g/mol. The Hall–Kier alpha value is -1.15. The SMILES string of the molecule is C=CCN(C)C(C)Cc1ccc(F)cc1. The highest BCUT2D eigenvalue weighted by Crippen LogP contribution is 2.08. The van der Waals surface area contributed by atoms with E-state index in [2.05, 4.69) is 25.5 Å². The Morgan fingerprint density at radius 1 is 1.40 bits per heavy atom. The average molecular weight is 207 g/mol. The maximum absolute atomic E-state index is 12.7.